The second-order valence-corrected chi connectivity index (χ2v) is 6.42. The highest BCUT2D eigenvalue weighted by Crippen LogP contribution is 2.34. The standard InChI is InChI=1S/C19H24N2O2/c1-15-10-12-21(17(14-15)18-8-5-13-23-18)19(22)9-4-7-16-6-2-3-11-20-16/h2-3,5-6,8,11,13,15,17H,4,7,9-10,12,14H2,1H3/t15-,17+/m1/s1. The molecule has 23 heavy (non-hydrogen) atoms. The maximum absolute atomic E-state index is 12.7. The lowest BCUT2D eigenvalue weighted by atomic mass is 9.90. The third kappa shape index (κ3) is 4.01. The first-order valence-electron chi connectivity index (χ1n) is 8.47. The van der Waals surface area contributed by atoms with E-state index in [1.165, 1.54) is 0 Å². The van der Waals surface area contributed by atoms with Gasteiger partial charge in [-0.15, -0.1) is 0 Å². The van der Waals surface area contributed by atoms with Crippen molar-refractivity contribution < 1.29 is 9.21 Å². The molecule has 0 unspecified atom stereocenters. The van der Waals surface area contributed by atoms with E-state index in [2.05, 4.69) is 11.9 Å². The Bertz CT molecular complexity index is 610. The Hall–Kier alpha value is -2.10. The molecule has 0 saturated carbocycles. The fourth-order valence-electron chi connectivity index (χ4n) is 3.30. The van der Waals surface area contributed by atoms with Crippen LogP contribution in [0.2, 0.25) is 0 Å². The number of carbonyl (C=O) groups is 1. The van der Waals surface area contributed by atoms with Gasteiger partial charge in [-0.05, 0) is 55.9 Å². The molecular formula is C19H24N2O2. The summed E-state index contributed by atoms with van der Waals surface area (Å²) in [7, 11) is 0. The fraction of sp³-hybridized carbons (Fsp3) is 0.474. The van der Waals surface area contributed by atoms with E-state index >= 15 is 0 Å². The summed E-state index contributed by atoms with van der Waals surface area (Å²) in [5.74, 6) is 1.77. The lowest BCUT2D eigenvalue weighted by molar-refractivity contribution is -0.136. The summed E-state index contributed by atoms with van der Waals surface area (Å²) in [5, 5.41) is 0. The van der Waals surface area contributed by atoms with Crippen LogP contribution in [0.3, 0.4) is 0 Å². The molecule has 2 atom stereocenters. The molecule has 4 heteroatoms. The number of nitrogens with zero attached hydrogens (tertiary/aromatic N) is 2. The monoisotopic (exact) mass is 312 g/mol. The molecular weight excluding hydrogens is 288 g/mol. The molecule has 0 radical (unpaired) electrons. The SMILES string of the molecule is C[C@@H]1CCN(C(=O)CCCc2ccccn2)[C@H](c2ccco2)C1. The number of piperidine rings is 1. The Morgan fingerprint density at radius 2 is 2.26 bits per heavy atom. The number of carbonyl (C=O) groups excluding carboxylic acids is 1. The molecule has 1 aliphatic heterocycles. The summed E-state index contributed by atoms with van der Waals surface area (Å²) in [6, 6.07) is 9.89. The quantitative estimate of drug-likeness (QED) is 0.838. The summed E-state index contributed by atoms with van der Waals surface area (Å²) in [5.41, 5.74) is 1.05. The van der Waals surface area contributed by atoms with Crippen LogP contribution in [0.4, 0.5) is 0 Å². The molecule has 0 bridgehead atoms. The van der Waals surface area contributed by atoms with E-state index in [-0.39, 0.29) is 11.9 Å². The number of hydrogen-bond acceptors (Lipinski definition) is 3. The van der Waals surface area contributed by atoms with E-state index in [1.54, 1.807) is 12.5 Å². The largest absolute Gasteiger partial charge is 0.467 e. The lowest BCUT2D eigenvalue weighted by Gasteiger charge is -2.37. The van der Waals surface area contributed by atoms with Crippen LogP contribution in [0.15, 0.2) is 47.2 Å². The van der Waals surface area contributed by atoms with Gasteiger partial charge >= 0.3 is 0 Å². The molecule has 122 valence electrons. The van der Waals surface area contributed by atoms with Crippen LogP contribution < -0.4 is 0 Å². The van der Waals surface area contributed by atoms with E-state index in [0.29, 0.717) is 12.3 Å². The molecule has 0 N–H and O–H groups in total. The van der Waals surface area contributed by atoms with Crippen molar-refractivity contribution in [2.24, 2.45) is 5.92 Å². The van der Waals surface area contributed by atoms with E-state index in [1.807, 2.05) is 35.2 Å². The normalized spacial score (nSPS) is 21.3. The van der Waals surface area contributed by atoms with Gasteiger partial charge in [0.25, 0.3) is 0 Å². The summed E-state index contributed by atoms with van der Waals surface area (Å²) < 4.78 is 5.57. The maximum Gasteiger partial charge on any atom is 0.223 e. The molecule has 2 aromatic heterocycles. The third-order valence-corrected chi connectivity index (χ3v) is 4.61. The van der Waals surface area contributed by atoms with E-state index in [0.717, 1.165) is 43.7 Å². The molecule has 4 nitrogen and oxygen atoms in total. The van der Waals surface area contributed by atoms with Crippen molar-refractivity contribution in [3.63, 3.8) is 0 Å². The number of likely N-dealkylation sites (tertiary alicyclic amines) is 1. The van der Waals surface area contributed by atoms with Gasteiger partial charge in [-0.2, -0.15) is 0 Å². The molecule has 2 aromatic rings. The first-order valence-corrected chi connectivity index (χ1v) is 8.47. The number of aryl methyl sites for hydroxylation is 1. The van der Waals surface area contributed by atoms with Gasteiger partial charge in [-0.25, -0.2) is 0 Å². The van der Waals surface area contributed by atoms with Crippen molar-refractivity contribution in [2.75, 3.05) is 6.54 Å². The van der Waals surface area contributed by atoms with Crippen LogP contribution in [0, 0.1) is 5.92 Å². The van der Waals surface area contributed by atoms with Crippen LogP contribution in [0.25, 0.3) is 0 Å². The van der Waals surface area contributed by atoms with Crippen molar-refractivity contribution in [1.29, 1.82) is 0 Å². The first kappa shape index (κ1) is 15.8. The van der Waals surface area contributed by atoms with E-state index in [9.17, 15) is 4.79 Å². The number of hydrogen-bond donors (Lipinski definition) is 0. The predicted octanol–water partition coefficient (Wildman–Crippen LogP) is 4.00. The summed E-state index contributed by atoms with van der Waals surface area (Å²) in [4.78, 5) is 19.0. The maximum atomic E-state index is 12.7. The molecule has 3 heterocycles. The van der Waals surface area contributed by atoms with Crippen molar-refractivity contribution in [3.05, 3.63) is 54.2 Å². The molecule has 3 rings (SSSR count). The number of pyridine rings is 1. The van der Waals surface area contributed by atoms with Crippen LogP contribution in [-0.2, 0) is 11.2 Å². The smallest absolute Gasteiger partial charge is 0.223 e. The Morgan fingerprint density at radius 3 is 3.00 bits per heavy atom. The van der Waals surface area contributed by atoms with Crippen LogP contribution in [-0.4, -0.2) is 22.3 Å². The second kappa shape index (κ2) is 7.44. The minimum atomic E-state index is 0.0936. The van der Waals surface area contributed by atoms with Gasteiger partial charge in [0, 0.05) is 24.9 Å². The Balaban J connectivity index is 1.58. The van der Waals surface area contributed by atoms with Gasteiger partial charge in [0.05, 0.1) is 12.3 Å². The van der Waals surface area contributed by atoms with Crippen LogP contribution in [0.5, 0.6) is 0 Å². The Kier molecular flexibility index (Phi) is 5.11. The molecule has 0 aliphatic carbocycles. The summed E-state index contributed by atoms with van der Waals surface area (Å²) >= 11 is 0. The molecule has 1 saturated heterocycles. The topological polar surface area (TPSA) is 46.3 Å². The lowest BCUT2D eigenvalue weighted by Crippen LogP contribution is -2.40. The zero-order chi connectivity index (χ0) is 16.1. The van der Waals surface area contributed by atoms with Crippen LogP contribution >= 0.6 is 0 Å². The minimum absolute atomic E-state index is 0.0936. The first-order chi connectivity index (χ1) is 11.2. The van der Waals surface area contributed by atoms with Gasteiger partial charge in [-0.3, -0.25) is 9.78 Å². The minimum Gasteiger partial charge on any atom is -0.467 e. The fourth-order valence-corrected chi connectivity index (χ4v) is 3.30. The molecule has 1 amide bonds. The third-order valence-electron chi connectivity index (χ3n) is 4.61. The summed E-state index contributed by atoms with van der Waals surface area (Å²) in [6.45, 7) is 3.08. The summed E-state index contributed by atoms with van der Waals surface area (Å²) in [6.07, 6.45) is 7.81. The van der Waals surface area contributed by atoms with Crippen molar-refractivity contribution >= 4 is 5.91 Å². The number of aromatic nitrogens is 1. The highest BCUT2D eigenvalue weighted by molar-refractivity contribution is 5.76. The second-order valence-electron chi connectivity index (χ2n) is 6.42. The van der Waals surface area contributed by atoms with Gasteiger partial charge in [0.1, 0.15) is 5.76 Å². The highest BCUT2D eigenvalue weighted by atomic mass is 16.3. The average molecular weight is 312 g/mol. The van der Waals surface area contributed by atoms with Gasteiger partial charge < -0.3 is 9.32 Å². The van der Waals surface area contributed by atoms with Crippen molar-refractivity contribution in [2.45, 2.75) is 45.1 Å². The van der Waals surface area contributed by atoms with Crippen LogP contribution in [0.1, 0.15) is 50.1 Å². The van der Waals surface area contributed by atoms with Gasteiger partial charge in [0.2, 0.25) is 5.91 Å². The van der Waals surface area contributed by atoms with E-state index < -0.39 is 0 Å². The number of rotatable bonds is 5. The van der Waals surface area contributed by atoms with Gasteiger partial charge in [-0.1, -0.05) is 13.0 Å². The highest BCUT2D eigenvalue weighted by Gasteiger charge is 2.32. The molecule has 1 aliphatic rings. The Morgan fingerprint density at radius 1 is 1.35 bits per heavy atom. The number of amides is 1. The molecule has 0 spiro atoms. The van der Waals surface area contributed by atoms with E-state index in [4.69, 9.17) is 4.42 Å². The molecule has 0 aromatic carbocycles. The zero-order valence-corrected chi connectivity index (χ0v) is 13.6. The average Bonchev–Trinajstić information content (AvgIpc) is 3.10. The molecule has 1 fully saturated rings. The number of furan rings is 1. The van der Waals surface area contributed by atoms with Gasteiger partial charge in [0.15, 0.2) is 0 Å². The van der Waals surface area contributed by atoms with Crippen molar-refractivity contribution in [1.82, 2.24) is 9.88 Å². The van der Waals surface area contributed by atoms with Crippen molar-refractivity contribution in [3.8, 4) is 0 Å². The Labute approximate surface area is 137 Å². The predicted molar refractivity (Wildman–Crippen MR) is 88.7 cm³/mol. The zero-order valence-electron chi connectivity index (χ0n) is 13.6.